The van der Waals surface area contributed by atoms with Gasteiger partial charge in [0, 0.05) is 72.5 Å². The second-order valence-corrected chi connectivity index (χ2v) is 23.1. The van der Waals surface area contributed by atoms with Gasteiger partial charge in [-0.1, -0.05) is 91.5 Å². The van der Waals surface area contributed by atoms with Crippen molar-refractivity contribution in [2.45, 2.75) is 116 Å². The zero-order chi connectivity index (χ0) is 40.7. The van der Waals surface area contributed by atoms with Crippen molar-refractivity contribution in [3.05, 3.63) is 103 Å². The summed E-state index contributed by atoms with van der Waals surface area (Å²) in [6.45, 7) is 17.8. The van der Waals surface area contributed by atoms with Crippen LogP contribution in [-0.2, 0) is 31.0 Å². The predicted octanol–water partition coefficient (Wildman–Crippen LogP) is 10.2. The van der Waals surface area contributed by atoms with Crippen molar-refractivity contribution in [1.29, 1.82) is 0 Å². The van der Waals surface area contributed by atoms with Gasteiger partial charge in [0.05, 0.1) is 10.1 Å². The Morgan fingerprint density at radius 3 is 1.58 bits per heavy atom. The van der Waals surface area contributed by atoms with E-state index in [4.69, 9.17) is 0 Å². The van der Waals surface area contributed by atoms with Crippen molar-refractivity contribution in [2.75, 3.05) is 35.7 Å². The molecule has 2 heterocycles. The van der Waals surface area contributed by atoms with E-state index < -0.39 is 36.1 Å². The number of fused-ring (bicyclic) bond motifs is 2. The first kappa shape index (κ1) is 43.6. The van der Waals surface area contributed by atoms with E-state index in [1.165, 1.54) is 20.9 Å². The van der Waals surface area contributed by atoms with Crippen molar-refractivity contribution in [3.63, 3.8) is 0 Å². The first-order valence-electron chi connectivity index (χ1n) is 19.3. The molecular formula is C43H57Br2N3O5S2. The van der Waals surface area contributed by atoms with Gasteiger partial charge in [-0.3, -0.25) is 0 Å². The summed E-state index contributed by atoms with van der Waals surface area (Å²) in [7, 11) is -6.36. The minimum absolute atomic E-state index is 0.257. The van der Waals surface area contributed by atoms with Crippen LogP contribution in [-0.4, -0.2) is 61.7 Å². The van der Waals surface area contributed by atoms with Crippen molar-refractivity contribution in [3.8, 4) is 0 Å². The van der Waals surface area contributed by atoms with E-state index in [0.717, 1.165) is 62.8 Å². The molecule has 2 aromatic rings. The predicted molar refractivity (Wildman–Crippen MR) is 234 cm³/mol. The maximum absolute atomic E-state index is 14.1. The summed E-state index contributed by atoms with van der Waals surface area (Å²) in [5.41, 5.74) is 8.85. The monoisotopic (exact) mass is 917 g/mol. The number of halogens is 2. The van der Waals surface area contributed by atoms with Gasteiger partial charge in [-0.2, -0.15) is 8.42 Å². The number of nitrogens with zero attached hydrogens (tertiary/aromatic N) is 3. The number of allylic oxidation sites excluding steroid dienone is 8. The molecule has 55 heavy (non-hydrogen) atoms. The summed E-state index contributed by atoms with van der Waals surface area (Å²) >= 11 is 7.34. The normalized spacial score (nSPS) is 22.0. The number of unbranched alkanes of at least 4 members (excludes halogenated alkanes) is 3. The lowest BCUT2D eigenvalue weighted by Crippen LogP contribution is -2.38. The fourth-order valence-electron chi connectivity index (χ4n) is 8.18. The molecule has 1 fully saturated rings. The van der Waals surface area contributed by atoms with Crippen LogP contribution in [0.3, 0.4) is 0 Å². The van der Waals surface area contributed by atoms with E-state index in [9.17, 15) is 21.4 Å². The lowest BCUT2D eigenvalue weighted by molar-refractivity contribution is -0.328. The van der Waals surface area contributed by atoms with Crippen LogP contribution in [0.2, 0.25) is 0 Å². The van der Waals surface area contributed by atoms with Gasteiger partial charge in [0.15, 0.2) is 7.05 Å². The lowest BCUT2D eigenvalue weighted by Gasteiger charge is -2.27. The van der Waals surface area contributed by atoms with Crippen LogP contribution in [0.4, 0.5) is 11.4 Å². The molecule has 0 saturated heterocycles. The largest absolute Gasteiger partial charge is 0.748 e. The van der Waals surface area contributed by atoms with Crippen LogP contribution in [0, 0.1) is 0 Å². The number of hydrogen-bond acceptors (Lipinski definition) is 7. The first-order valence-corrected chi connectivity index (χ1v) is 23.9. The number of hydrogen-bond donors (Lipinski definition) is 0. The van der Waals surface area contributed by atoms with Gasteiger partial charge in [-0.15, -0.1) is 3.98 Å². The number of sulfonamides is 1. The van der Waals surface area contributed by atoms with Gasteiger partial charge >= 0.3 is 10.0 Å². The molecule has 0 unspecified atom stereocenters. The van der Waals surface area contributed by atoms with Gasteiger partial charge in [0.25, 0.3) is 0 Å². The molecule has 0 N–H and O–H groups in total. The molecule has 1 saturated carbocycles. The van der Waals surface area contributed by atoms with Crippen LogP contribution in [0.15, 0.2) is 92.2 Å². The average Bonchev–Trinajstić information content (AvgIpc) is 3.64. The molecule has 0 radical (unpaired) electrons. The third-order valence-electron chi connectivity index (χ3n) is 11.3. The quantitative estimate of drug-likeness (QED) is 0.119. The Kier molecular flexibility index (Phi) is 13.0. The minimum atomic E-state index is -4.30. The Morgan fingerprint density at radius 2 is 1.18 bits per heavy atom. The van der Waals surface area contributed by atoms with Crippen LogP contribution in [0.5, 0.6) is 0 Å². The fourth-order valence-corrected chi connectivity index (χ4v) is 10.8. The molecule has 5 rings (SSSR count). The molecule has 2 aromatic carbocycles. The topological polar surface area (TPSA) is 101 Å². The van der Waals surface area contributed by atoms with E-state index in [0.29, 0.717) is 31.5 Å². The van der Waals surface area contributed by atoms with E-state index in [1.807, 2.05) is 6.07 Å². The van der Waals surface area contributed by atoms with E-state index >= 15 is 0 Å². The standard InChI is InChI=1S/C43H57Br2N3O5S2/c1-10-11-12-25-47-36-21-19-32(44)28-34(36)42(5,6)38(47)23-17-30-15-16-31(40(30)46(9)55(52,53)41(2,3)4)18-24-39-43(7,8)35-29-33(45)20-22-37(35)48(39)26-13-14-27-54(49,50)51/h17-24,28-29H,10-16,25-27H2,1-9H3. The molecular weight excluding hydrogens is 862 g/mol. The summed E-state index contributed by atoms with van der Waals surface area (Å²) in [5.74, 6) is -0.393. The van der Waals surface area contributed by atoms with Crippen molar-refractivity contribution in [1.82, 2.24) is 0 Å². The third kappa shape index (κ3) is 8.98. The number of rotatable bonds is 12. The summed E-state index contributed by atoms with van der Waals surface area (Å²) in [4.78, 5) is 4.66. The van der Waals surface area contributed by atoms with E-state index in [-0.39, 0.29) is 11.8 Å². The molecule has 1 aliphatic carbocycles. The van der Waals surface area contributed by atoms with Gasteiger partial charge < -0.3 is 14.4 Å². The van der Waals surface area contributed by atoms with Crippen LogP contribution < -0.4 is 9.80 Å². The molecule has 2 aliphatic heterocycles. The highest BCUT2D eigenvalue weighted by atomic mass is 79.9. The Balaban J connectivity index is 1.63. The maximum Gasteiger partial charge on any atom is 0.369 e. The highest BCUT2D eigenvalue weighted by Crippen LogP contribution is 2.50. The van der Waals surface area contributed by atoms with Crippen LogP contribution in [0.1, 0.15) is 111 Å². The molecule has 0 atom stereocenters. The third-order valence-corrected chi connectivity index (χ3v) is 15.6. The molecule has 0 amide bonds. The van der Waals surface area contributed by atoms with Crippen molar-refractivity contribution >= 4 is 69.1 Å². The molecule has 12 heteroatoms. The van der Waals surface area contributed by atoms with E-state index in [2.05, 4.69) is 131 Å². The fraction of sp³-hybridized carbons (Fsp3) is 0.512. The molecule has 3 aliphatic rings. The van der Waals surface area contributed by atoms with Gasteiger partial charge in [0.2, 0.25) is 5.71 Å². The second kappa shape index (κ2) is 16.4. The summed E-state index contributed by atoms with van der Waals surface area (Å²) in [6, 6.07) is 12.7. The summed E-state index contributed by atoms with van der Waals surface area (Å²) < 4.78 is 64.8. The van der Waals surface area contributed by atoms with Gasteiger partial charge in [-0.05, 0) is 113 Å². The van der Waals surface area contributed by atoms with E-state index in [1.54, 1.807) is 27.8 Å². The zero-order valence-corrected chi connectivity index (χ0v) is 38.6. The van der Waals surface area contributed by atoms with Gasteiger partial charge in [0.1, 0.15) is 4.75 Å². The number of anilines is 2. The average molecular weight is 920 g/mol. The Bertz CT molecular complexity index is 2210. The SMILES string of the molecule is CCCCCN1/C(=C/C=C2\CCC(=C/C=C3/N(CCCCS(=O)(=O)[O-])c4ccc(Br)cc4C3(C)C)\C2=[N+](\C)S(=O)(=O)C(C)(C)C)C(C)(C)c2cc(Br)ccc21. The molecule has 0 spiro atoms. The summed E-state index contributed by atoms with van der Waals surface area (Å²) in [5, 5.41) is 0. The highest BCUT2D eigenvalue weighted by molar-refractivity contribution is 9.10. The Morgan fingerprint density at radius 1 is 0.745 bits per heavy atom. The van der Waals surface area contributed by atoms with Crippen molar-refractivity contribution < 1.29 is 25.4 Å². The molecule has 0 aromatic heterocycles. The molecule has 0 bridgehead atoms. The van der Waals surface area contributed by atoms with Crippen molar-refractivity contribution in [2.24, 2.45) is 0 Å². The Hall–Kier alpha value is -2.51. The first-order chi connectivity index (χ1) is 25.5. The lowest BCUT2D eigenvalue weighted by atomic mass is 9.83. The summed E-state index contributed by atoms with van der Waals surface area (Å²) in [6.07, 6.45) is 14.1. The molecule has 300 valence electrons. The van der Waals surface area contributed by atoms with Crippen LogP contribution >= 0.6 is 31.9 Å². The molecule has 8 nitrogen and oxygen atoms in total. The smallest absolute Gasteiger partial charge is 0.369 e. The van der Waals surface area contributed by atoms with Gasteiger partial charge in [-0.25, -0.2) is 8.42 Å². The highest BCUT2D eigenvalue weighted by Gasteiger charge is 2.44. The maximum atomic E-state index is 14.1. The zero-order valence-electron chi connectivity index (χ0n) is 33.8. The van der Waals surface area contributed by atoms with Crippen LogP contribution in [0.25, 0.3) is 0 Å². The minimum Gasteiger partial charge on any atom is -0.748 e. The second-order valence-electron chi connectivity index (χ2n) is 17.0. The Labute approximate surface area is 347 Å². The number of benzene rings is 2.